The van der Waals surface area contributed by atoms with Crippen molar-refractivity contribution in [2.75, 3.05) is 12.0 Å². The fourth-order valence-electron chi connectivity index (χ4n) is 4.32. The average Bonchev–Trinajstić information content (AvgIpc) is 3.49. The van der Waals surface area contributed by atoms with Crippen LogP contribution >= 0.6 is 0 Å². The molecule has 0 unspecified atom stereocenters. The number of hydrogen-bond donors (Lipinski definition) is 2. The molecule has 42 heavy (non-hydrogen) atoms. The van der Waals surface area contributed by atoms with Gasteiger partial charge in [0.25, 0.3) is 5.69 Å². The first kappa shape index (κ1) is 28.7. The Kier molecular flexibility index (Phi) is 6.98. The number of halogens is 1. The summed E-state index contributed by atoms with van der Waals surface area (Å²) in [7, 11) is -8.19. The fraction of sp³-hybridized carbons (Fsp3) is 0.154. The Bertz CT molecular complexity index is 2090. The van der Waals surface area contributed by atoms with E-state index in [-0.39, 0.29) is 39.4 Å². The minimum Gasteiger partial charge on any atom is -0.380 e. The lowest BCUT2D eigenvalue weighted by Crippen LogP contribution is -2.23. The highest BCUT2D eigenvalue weighted by atomic mass is 32.2. The van der Waals surface area contributed by atoms with Crippen molar-refractivity contribution in [3.63, 3.8) is 0 Å². The van der Waals surface area contributed by atoms with Gasteiger partial charge in [0.15, 0.2) is 5.75 Å². The molecule has 5 rings (SSSR count). The van der Waals surface area contributed by atoms with Gasteiger partial charge in [-0.05, 0) is 32.0 Å². The van der Waals surface area contributed by atoms with Crippen LogP contribution in [-0.2, 0) is 20.1 Å². The molecule has 218 valence electrons. The molecule has 3 N–H and O–H groups in total. The number of imidazole rings is 2. The van der Waals surface area contributed by atoms with Crippen LogP contribution in [0.5, 0.6) is 5.75 Å². The van der Waals surface area contributed by atoms with Gasteiger partial charge >= 0.3 is 10.1 Å². The van der Waals surface area contributed by atoms with Crippen molar-refractivity contribution in [3.8, 4) is 39.7 Å². The Morgan fingerprint density at radius 2 is 1.71 bits per heavy atom. The largest absolute Gasteiger partial charge is 0.380 e. The Balaban J connectivity index is 1.84. The van der Waals surface area contributed by atoms with Gasteiger partial charge in [-0.25, -0.2) is 26.7 Å². The summed E-state index contributed by atoms with van der Waals surface area (Å²) in [5.41, 5.74) is 6.61. The molecule has 0 bridgehead atoms. The third kappa shape index (κ3) is 5.16. The Morgan fingerprint density at radius 3 is 2.31 bits per heavy atom. The highest BCUT2D eigenvalue weighted by molar-refractivity contribution is 7.90. The first-order chi connectivity index (χ1) is 19.7. The number of nitro benzene ring substituents is 1. The zero-order valence-corrected chi connectivity index (χ0v) is 23.9. The first-order valence-electron chi connectivity index (χ1n) is 12.2. The summed E-state index contributed by atoms with van der Waals surface area (Å²) >= 11 is 0. The lowest BCUT2D eigenvalue weighted by atomic mass is 10.0. The lowest BCUT2D eigenvalue weighted by Gasteiger charge is -2.12. The molecule has 2 heterocycles. The van der Waals surface area contributed by atoms with Gasteiger partial charge in [-0.3, -0.25) is 10.1 Å². The number of aromatic nitrogens is 4. The maximum absolute atomic E-state index is 15.0. The van der Waals surface area contributed by atoms with Crippen LogP contribution in [0.3, 0.4) is 0 Å². The molecule has 0 atom stereocenters. The molecule has 0 radical (unpaired) electrons. The molecular formula is C26H23FN6O7S2. The molecule has 0 saturated carbocycles. The number of nitrogens with zero attached hydrogens (tertiary/aromatic N) is 4. The minimum atomic E-state index is -4.11. The van der Waals surface area contributed by atoms with Crippen LogP contribution in [0, 0.1) is 15.9 Å². The number of anilines is 1. The van der Waals surface area contributed by atoms with E-state index in [9.17, 15) is 26.9 Å². The predicted molar refractivity (Wildman–Crippen MR) is 154 cm³/mol. The zero-order chi connectivity index (χ0) is 30.6. The fourth-order valence-corrected chi connectivity index (χ4v) is 5.91. The van der Waals surface area contributed by atoms with E-state index in [1.165, 1.54) is 32.0 Å². The second-order valence-corrected chi connectivity index (χ2v) is 13.5. The summed E-state index contributed by atoms with van der Waals surface area (Å²) in [4.78, 5) is 22.1. The van der Waals surface area contributed by atoms with E-state index < -0.39 is 47.8 Å². The molecule has 0 spiro atoms. The number of nitrogen functional groups attached to an aromatic ring is 1. The first-order valence-corrected chi connectivity index (χ1v) is 15.5. The number of nitrogens with one attached hydrogen (secondary N) is 1. The topological polar surface area (TPSA) is 193 Å². The van der Waals surface area contributed by atoms with Gasteiger partial charge in [-0.15, -0.1) is 0 Å². The molecule has 13 nitrogen and oxygen atoms in total. The number of hydrogen-bond acceptors (Lipinski definition) is 10. The smallest absolute Gasteiger partial charge is 0.306 e. The normalized spacial score (nSPS) is 12.2. The number of aromatic amines is 1. The van der Waals surface area contributed by atoms with Crippen LogP contribution < -0.4 is 9.92 Å². The highest BCUT2D eigenvalue weighted by Gasteiger charge is 2.28. The van der Waals surface area contributed by atoms with Crippen molar-refractivity contribution in [1.82, 2.24) is 18.9 Å². The summed E-state index contributed by atoms with van der Waals surface area (Å²) in [5, 5.41) is 10.2. The van der Waals surface area contributed by atoms with E-state index in [0.29, 0.717) is 11.3 Å². The minimum absolute atomic E-state index is 0.00440. The maximum atomic E-state index is 15.0. The van der Waals surface area contributed by atoms with E-state index in [0.717, 1.165) is 22.4 Å². The number of rotatable bonds is 8. The molecule has 0 aliphatic heterocycles. The summed E-state index contributed by atoms with van der Waals surface area (Å²) in [6.45, 7) is 2.90. The zero-order valence-electron chi connectivity index (χ0n) is 22.3. The van der Waals surface area contributed by atoms with Crippen molar-refractivity contribution in [1.29, 1.82) is 0 Å². The average molecular weight is 615 g/mol. The molecule has 0 aliphatic rings. The standard InChI is InChI=1S/C26H23FN6O7S2/c1-14(2)42(38,39)32-20-11-16(12-21(40-41(3,36)37)24(20)31-26(32)28)23-22(15-7-5-4-6-8-15)29-25(30-23)18-10-9-17(33(34)35)13-19(18)27/h4-14H,1-3H3,(H2,28,31)(H,29,30). The molecule has 0 fully saturated rings. The van der Waals surface area contributed by atoms with Gasteiger partial charge in [0.2, 0.25) is 16.0 Å². The van der Waals surface area contributed by atoms with Crippen LogP contribution in [0.1, 0.15) is 13.8 Å². The summed E-state index contributed by atoms with van der Waals surface area (Å²) in [5.74, 6) is -1.62. The number of nitro groups is 1. The van der Waals surface area contributed by atoms with Crippen LogP contribution in [0.25, 0.3) is 44.9 Å². The van der Waals surface area contributed by atoms with E-state index in [2.05, 4.69) is 15.0 Å². The number of benzene rings is 3. The molecule has 2 aromatic heterocycles. The van der Waals surface area contributed by atoms with Crippen molar-refractivity contribution in [3.05, 3.63) is 76.6 Å². The van der Waals surface area contributed by atoms with Crippen molar-refractivity contribution >= 4 is 42.8 Å². The second-order valence-electron chi connectivity index (χ2n) is 9.55. The number of H-pyrrole nitrogens is 1. The Hall–Kier alpha value is -4.83. The summed E-state index contributed by atoms with van der Waals surface area (Å²) in [6.07, 6.45) is 0.816. The Morgan fingerprint density at radius 1 is 1.02 bits per heavy atom. The van der Waals surface area contributed by atoms with E-state index in [4.69, 9.17) is 9.92 Å². The summed E-state index contributed by atoms with van der Waals surface area (Å²) in [6, 6.07) is 14.6. The predicted octanol–water partition coefficient (Wildman–Crippen LogP) is 4.31. The number of fused-ring (bicyclic) bond motifs is 1. The number of nitrogens with two attached hydrogens (primary N) is 1. The van der Waals surface area contributed by atoms with Crippen molar-refractivity contribution in [2.45, 2.75) is 19.1 Å². The molecule has 0 saturated heterocycles. The molecule has 0 amide bonds. The van der Waals surface area contributed by atoms with Gasteiger partial charge in [0.05, 0.1) is 45.0 Å². The van der Waals surface area contributed by atoms with Crippen molar-refractivity contribution in [2.24, 2.45) is 0 Å². The second kappa shape index (κ2) is 10.2. The molecule has 16 heteroatoms. The lowest BCUT2D eigenvalue weighted by molar-refractivity contribution is -0.385. The maximum Gasteiger partial charge on any atom is 0.306 e. The third-order valence-electron chi connectivity index (χ3n) is 6.26. The Labute approximate surface area is 239 Å². The molecule has 0 aliphatic carbocycles. The van der Waals surface area contributed by atoms with E-state index in [1.54, 1.807) is 30.3 Å². The van der Waals surface area contributed by atoms with E-state index in [1.807, 2.05) is 0 Å². The molecule has 3 aromatic carbocycles. The van der Waals surface area contributed by atoms with Crippen LogP contribution in [0.2, 0.25) is 0 Å². The van der Waals surface area contributed by atoms with Gasteiger partial charge in [0.1, 0.15) is 17.2 Å². The van der Waals surface area contributed by atoms with Crippen LogP contribution in [-0.4, -0.2) is 52.2 Å². The van der Waals surface area contributed by atoms with Gasteiger partial charge in [-0.1, -0.05) is 30.3 Å². The van der Waals surface area contributed by atoms with Gasteiger partial charge < -0.3 is 14.9 Å². The monoisotopic (exact) mass is 614 g/mol. The highest BCUT2D eigenvalue weighted by Crippen LogP contribution is 2.39. The molecular weight excluding hydrogens is 591 g/mol. The third-order valence-corrected chi connectivity index (χ3v) is 8.82. The summed E-state index contributed by atoms with van der Waals surface area (Å²) < 4.78 is 71.8. The van der Waals surface area contributed by atoms with Crippen LogP contribution in [0.15, 0.2) is 60.7 Å². The van der Waals surface area contributed by atoms with Crippen LogP contribution in [0.4, 0.5) is 16.0 Å². The quantitative estimate of drug-likeness (QED) is 0.144. The number of non-ortho nitro benzene ring substituents is 1. The van der Waals surface area contributed by atoms with Gasteiger partial charge in [-0.2, -0.15) is 8.42 Å². The SMILES string of the molecule is CC(C)S(=O)(=O)n1c(N)nc2c(OS(C)(=O)=O)cc(-c3nc(-c4ccc([N+](=O)[O-])cc4F)[nH]c3-c3ccccc3)cc21. The van der Waals surface area contributed by atoms with E-state index >= 15 is 4.39 Å². The van der Waals surface area contributed by atoms with Crippen molar-refractivity contribution < 1.29 is 30.3 Å². The molecule has 5 aromatic rings. The van der Waals surface area contributed by atoms with Gasteiger partial charge in [0, 0.05) is 17.2 Å².